The van der Waals surface area contributed by atoms with Gasteiger partial charge < -0.3 is 14.6 Å². The Morgan fingerprint density at radius 2 is 1.93 bits per heavy atom. The van der Waals surface area contributed by atoms with E-state index in [1.807, 2.05) is 34.9 Å². The lowest BCUT2D eigenvalue weighted by molar-refractivity contribution is -0.143. The van der Waals surface area contributed by atoms with E-state index in [1.54, 1.807) is 23.1 Å². The fourth-order valence-electron chi connectivity index (χ4n) is 4.84. The Labute approximate surface area is 159 Å². The second kappa shape index (κ2) is 7.31. The molecule has 0 radical (unpaired) electrons. The van der Waals surface area contributed by atoms with Crippen LogP contribution in [0.3, 0.4) is 0 Å². The average Bonchev–Trinajstić information content (AvgIpc) is 2.70. The lowest BCUT2D eigenvalue weighted by Gasteiger charge is -2.47. The van der Waals surface area contributed by atoms with Crippen LogP contribution in [0, 0.1) is 5.92 Å². The monoisotopic (exact) mass is 366 g/mol. The number of benzene rings is 1. The minimum Gasteiger partial charge on any atom is -0.378 e. The van der Waals surface area contributed by atoms with Gasteiger partial charge in [0.1, 0.15) is 0 Å². The standard InChI is InChI=1S/C22H26N2O3/c1-2-7-18-16-12-17(19-10-6-11-20(25)24(18)19)14-23(13-16)22(27)21(26)15-8-4-3-5-9-15/h3-6,8-11,16-18,21,26H,2,7,12-14H2,1H3/t16-,17+,18-,21+/m0/s1. The van der Waals surface area contributed by atoms with Gasteiger partial charge in [-0.25, -0.2) is 0 Å². The van der Waals surface area contributed by atoms with E-state index in [-0.39, 0.29) is 29.3 Å². The number of nitrogens with zero attached hydrogens (tertiary/aromatic N) is 2. The van der Waals surface area contributed by atoms with Crippen LogP contribution in [-0.4, -0.2) is 33.6 Å². The Bertz CT molecular complexity index is 877. The minimum atomic E-state index is -1.13. The predicted octanol–water partition coefficient (Wildman–Crippen LogP) is 2.87. The highest BCUT2D eigenvalue weighted by Gasteiger charge is 2.42. The van der Waals surface area contributed by atoms with Crippen molar-refractivity contribution < 1.29 is 9.90 Å². The molecular weight excluding hydrogens is 340 g/mol. The number of rotatable bonds is 4. The maximum absolute atomic E-state index is 13.0. The van der Waals surface area contributed by atoms with E-state index < -0.39 is 6.10 Å². The van der Waals surface area contributed by atoms with Crippen molar-refractivity contribution in [2.45, 2.75) is 44.2 Å². The molecule has 5 heteroatoms. The zero-order valence-electron chi connectivity index (χ0n) is 15.6. The fraction of sp³-hybridized carbons (Fsp3) is 0.455. The smallest absolute Gasteiger partial charge is 0.256 e. The van der Waals surface area contributed by atoms with Gasteiger partial charge in [0.15, 0.2) is 6.10 Å². The fourth-order valence-corrected chi connectivity index (χ4v) is 4.84. The molecule has 1 aromatic heterocycles. The molecular formula is C22H26N2O3. The van der Waals surface area contributed by atoms with E-state index >= 15 is 0 Å². The van der Waals surface area contributed by atoms with Crippen LogP contribution in [0.2, 0.25) is 0 Å². The van der Waals surface area contributed by atoms with Gasteiger partial charge in [-0.2, -0.15) is 0 Å². The van der Waals surface area contributed by atoms with Crippen LogP contribution < -0.4 is 5.56 Å². The largest absolute Gasteiger partial charge is 0.378 e. The molecule has 0 aliphatic carbocycles. The van der Waals surface area contributed by atoms with Gasteiger partial charge >= 0.3 is 0 Å². The lowest BCUT2D eigenvalue weighted by Crippen LogP contribution is -2.52. The number of carbonyl (C=O) groups excluding carboxylic acids is 1. The third kappa shape index (κ3) is 3.21. The van der Waals surface area contributed by atoms with Gasteiger partial charge in [0.05, 0.1) is 0 Å². The van der Waals surface area contributed by atoms with Crippen LogP contribution in [-0.2, 0) is 4.79 Å². The van der Waals surface area contributed by atoms with Gasteiger partial charge in [-0.1, -0.05) is 49.7 Å². The van der Waals surface area contributed by atoms with Crippen molar-refractivity contribution in [2.75, 3.05) is 13.1 Å². The third-order valence-electron chi connectivity index (χ3n) is 6.04. The van der Waals surface area contributed by atoms with Crippen LogP contribution in [0.1, 0.15) is 55.5 Å². The van der Waals surface area contributed by atoms with Crippen LogP contribution >= 0.6 is 0 Å². The summed E-state index contributed by atoms with van der Waals surface area (Å²) in [6.45, 7) is 3.29. The Morgan fingerprint density at radius 3 is 2.67 bits per heavy atom. The van der Waals surface area contributed by atoms with E-state index in [0.29, 0.717) is 18.7 Å². The number of pyridine rings is 1. The molecule has 1 saturated heterocycles. The highest BCUT2D eigenvalue weighted by molar-refractivity contribution is 5.82. The third-order valence-corrected chi connectivity index (χ3v) is 6.04. The minimum absolute atomic E-state index is 0.0600. The number of fused-ring (bicyclic) bond motifs is 4. The van der Waals surface area contributed by atoms with Crippen molar-refractivity contribution in [1.29, 1.82) is 0 Å². The number of amides is 1. The van der Waals surface area contributed by atoms with Gasteiger partial charge in [-0.3, -0.25) is 9.59 Å². The Hall–Kier alpha value is -2.40. The van der Waals surface area contributed by atoms with Gasteiger partial charge in [-0.15, -0.1) is 0 Å². The van der Waals surface area contributed by atoms with Gasteiger partial charge in [-0.05, 0) is 30.4 Å². The summed E-state index contributed by atoms with van der Waals surface area (Å²) in [6, 6.07) is 14.7. The molecule has 2 bridgehead atoms. The summed E-state index contributed by atoms with van der Waals surface area (Å²) in [5.41, 5.74) is 1.72. The number of carbonyl (C=O) groups is 1. The Kier molecular flexibility index (Phi) is 4.87. The van der Waals surface area contributed by atoms with Gasteiger partial charge in [0.2, 0.25) is 0 Å². The normalized spacial score (nSPS) is 25.0. The molecule has 1 amide bonds. The highest BCUT2D eigenvalue weighted by atomic mass is 16.3. The quantitative estimate of drug-likeness (QED) is 0.905. The van der Waals surface area contributed by atoms with Crippen molar-refractivity contribution >= 4 is 5.91 Å². The first kappa shape index (κ1) is 18.0. The van der Waals surface area contributed by atoms with Crippen molar-refractivity contribution in [3.05, 3.63) is 70.1 Å². The first-order valence-corrected chi connectivity index (χ1v) is 9.83. The molecule has 1 N–H and O–H groups in total. The molecule has 0 unspecified atom stereocenters. The molecule has 2 aromatic rings. The van der Waals surface area contributed by atoms with Gasteiger partial charge in [0.25, 0.3) is 11.5 Å². The number of likely N-dealkylation sites (tertiary alicyclic amines) is 1. The molecule has 27 heavy (non-hydrogen) atoms. The highest BCUT2D eigenvalue weighted by Crippen LogP contribution is 2.43. The summed E-state index contributed by atoms with van der Waals surface area (Å²) < 4.78 is 1.97. The number of aliphatic hydroxyl groups is 1. The molecule has 2 aliphatic rings. The van der Waals surface area contributed by atoms with Crippen molar-refractivity contribution in [3.63, 3.8) is 0 Å². The SMILES string of the molecule is CCC[C@H]1[C@H]2C[C@H](CN(C(=O)[C@H](O)c3ccccc3)C2)c2cccc(=O)n21. The topological polar surface area (TPSA) is 62.5 Å². The zero-order valence-corrected chi connectivity index (χ0v) is 15.6. The number of aliphatic hydroxyl groups excluding tert-OH is 1. The Balaban J connectivity index is 1.64. The zero-order chi connectivity index (χ0) is 19.0. The summed E-state index contributed by atoms with van der Waals surface area (Å²) in [5.74, 6) is 0.166. The molecule has 0 saturated carbocycles. The number of aromatic nitrogens is 1. The summed E-state index contributed by atoms with van der Waals surface area (Å²) in [6.07, 6.45) is 1.79. The number of hydrogen-bond donors (Lipinski definition) is 1. The Morgan fingerprint density at radius 1 is 1.15 bits per heavy atom. The van der Waals surface area contributed by atoms with Crippen LogP contribution in [0.4, 0.5) is 0 Å². The summed E-state index contributed by atoms with van der Waals surface area (Å²) >= 11 is 0. The summed E-state index contributed by atoms with van der Waals surface area (Å²) in [4.78, 5) is 27.3. The van der Waals surface area contributed by atoms with Crippen LogP contribution in [0.15, 0.2) is 53.3 Å². The molecule has 1 fully saturated rings. The van der Waals surface area contributed by atoms with Crippen molar-refractivity contribution in [1.82, 2.24) is 9.47 Å². The van der Waals surface area contributed by atoms with E-state index in [2.05, 4.69) is 6.92 Å². The average molecular weight is 366 g/mol. The molecule has 5 nitrogen and oxygen atoms in total. The molecule has 142 valence electrons. The van der Waals surface area contributed by atoms with Crippen LogP contribution in [0.5, 0.6) is 0 Å². The molecule has 2 aliphatic heterocycles. The lowest BCUT2D eigenvalue weighted by atomic mass is 9.77. The van der Waals surface area contributed by atoms with E-state index in [4.69, 9.17) is 0 Å². The maximum Gasteiger partial charge on any atom is 0.256 e. The summed E-state index contributed by atoms with van der Waals surface area (Å²) in [7, 11) is 0. The predicted molar refractivity (Wildman–Crippen MR) is 103 cm³/mol. The van der Waals surface area contributed by atoms with E-state index in [0.717, 1.165) is 25.0 Å². The first-order valence-electron chi connectivity index (χ1n) is 9.83. The number of piperidine rings is 1. The van der Waals surface area contributed by atoms with Crippen LogP contribution in [0.25, 0.3) is 0 Å². The number of hydrogen-bond acceptors (Lipinski definition) is 3. The second-order valence-electron chi connectivity index (χ2n) is 7.76. The van der Waals surface area contributed by atoms with Gasteiger partial charge in [0, 0.05) is 36.8 Å². The van der Waals surface area contributed by atoms with Crippen molar-refractivity contribution in [2.24, 2.45) is 5.92 Å². The molecule has 1 aromatic carbocycles. The molecule has 4 atom stereocenters. The molecule has 3 heterocycles. The maximum atomic E-state index is 13.0. The second-order valence-corrected chi connectivity index (χ2v) is 7.76. The summed E-state index contributed by atoms with van der Waals surface area (Å²) in [5, 5.41) is 10.6. The van der Waals surface area contributed by atoms with Crippen molar-refractivity contribution in [3.8, 4) is 0 Å². The first-order chi connectivity index (χ1) is 13.1. The molecule has 0 spiro atoms. The van der Waals surface area contributed by atoms with E-state index in [9.17, 15) is 14.7 Å². The molecule has 4 rings (SSSR count). The van der Waals surface area contributed by atoms with E-state index in [1.165, 1.54) is 0 Å².